The Balaban J connectivity index is 1.71. The number of unbranched alkanes of at least 4 members (excludes halogenated alkanes) is 18. The number of nitrogens with one attached hydrogen (secondary N) is 1. The second-order valence-electron chi connectivity index (χ2n) is 9.89. The van der Waals surface area contributed by atoms with Gasteiger partial charge in [-0.05, 0) is 38.5 Å². The van der Waals surface area contributed by atoms with Crippen molar-refractivity contribution in [3.63, 3.8) is 0 Å². The average Bonchev–Trinajstić information content (AvgIpc) is 3.26. The lowest BCUT2D eigenvalue weighted by atomic mass is 10.1. The first-order valence-corrected chi connectivity index (χ1v) is 14.3. The van der Waals surface area contributed by atoms with Gasteiger partial charge in [0.2, 0.25) is 5.91 Å². The van der Waals surface area contributed by atoms with Gasteiger partial charge in [-0.1, -0.05) is 115 Å². The fourth-order valence-electron chi connectivity index (χ4n) is 4.47. The Morgan fingerprint density at radius 1 is 0.758 bits per heavy atom. The van der Waals surface area contributed by atoms with Crippen molar-refractivity contribution < 1.29 is 14.3 Å². The highest BCUT2D eigenvalue weighted by molar-refractivity contribution is 5.87. The first kappa shape index (κ1) is 29.7. The van der Waals surface area contributed by atoms with E-state index in [0.717, 1.165) is 12.8 Å². The highest BCUT2D eigenvalue weighted by atomic mass is 16.5. The Hall–Kier alpha value is -1.32. The van der Waals surface area contributed by atoms with Crippen LogP contribution in [0.15, 0.2) is 12.2 Å². The number of hydrogen-bond donors (Lipinski definition) is 1. The first-order chi connectivity index (χ1) is 16.2. The molecular weight excluding hydrogens is 410 g/mol. The van der Waals surface area contributed by atoms with Gasteiger partial charge in [-0.25, -0.2) is 4.79 Å². The van der Waals surface area contributed by atoms with Crippen molar-refractivity contribution >= 4 is 11.9 Å². The van der Waals surface area contributed by atoms with Gasteiger partial charge in [0.1, 0.15) is 6.04 Å². The lowest BCUT2D eigenvalue weighted by Crippen LogP contribution is -2.34. The molecule has 0 aliphatic carbocycles. The Morgan fingerprint density at radius 3 is 1.67 bits per heavy atom. The van der Waals surface area contributed by atoms with Crippen LogP contribution in [0.25, 0.3) is 0 Å². The van der Waals surface area contributed by atoms with E-state index in [1.54, 1.807) is 0 Å². The van der Waals surface area contributed by atoms with Gasteiger partial charge in [0, 0.05) is 6.42 Å². The summed E-state index contributed by atoms with van der Waals surface area (Å²) < 4.78 is 5.26. The molecule has 1 saturated heterocycles. The van der Waals surface area contributed by atoms with Crippen molar-refractivity contribution in [2.24, 2.45) is 0 Å². The van der Waals surface area contributed by atoms with Gasteiger partial charge in [-0.3, -0.25) is 4.79 Å². The van der Waals surface area contributed by atoms with Crippen LogP contribution in [0.3, 0.4) is 0 Å². The summed E-state index contributed by atoms with van der Waals surface area (Å²) >= 11 is 0. The van der Waals surface area contributed by atoms with E-state index in [4.69, 9.17) is 4.74 Å². The van der Waals surface area contributed by atoms with Gasteiger partial charge in [-0.2, -0.15) is 0 Å². The van der Waals surface area contributed by atoms with Crippen LogP contribution in [0.4, 0.5) is 0 Å². The molecule has 0 unspecified atom stereocenters. The maximum absolute atomic E-state index is 11.8. The van der Waals surface area contributed by atoms with E-state index in [2.05, 4.69) is 24.4 Å². The molecule has 1 aliphatic rings. The van der Waals surface area contributed by atoms with Crippen molar-refractivity contribution in [3.8, 4) is 0 Å². The van der Waals surface area contributed by atoms with Crippen molar-refractivity contribution in [1.82, 2.24) is 5.32 Å². The molecule has 192 valence electrons. The van der Waals surface area contributed by atoms with Crippen molar-refractivity contribution in [1.29, 1.82) is 0 Å². The molecule has 1 atom stereocenters. The molecule has 1 aliphatic heterocycles. The number of esters is 1. The molecule has 4 nitrogen and oxygen atoms in total. The van der Waals surface area contributed by atoms with Crippen LogP contribution in [0.2, 0.25) is 0 Å². The maximum atomic E-state index is 11.8. The summed E-state index contributed by atoms with van der Waals surface area (Å²) in [4.78, 5) is 22.9. The average molecular weight is 464 g/mol. The molecule has 1 fully saturated rings. The smallest absolute Gasteiger partial charge is 0.328 e. The second-order valence-corrected chi connectivity index (χ2v) is 9.89. The number of ether oxygens (including phenoxy) is 1. The molecule has 0 aromatic carbocycles. The van der Waals surface area contributed by atoms with Crippen LogP contribution in [-0.4, -0.2) is 24.5 Å². The van der Waals surface area contributed by atoms with Gasteiger partial charge in [0.05, 0.1) is 6.61 Å². The number of amides is 1. The molecule has 1 rings (SSSR count). The molecule has 0 spiro atoms. The Morgan fingerprint density at radius 2 is 1.21 bits per heavy atom. The van der Waals surface area contributed by atoms with E-state index >= 15 is 0 Å². The van der Waals surface area contributed by atoms with Crippen LogP contribution < -0.4 is 5.32 Å². The van der Waals surface area contributed by atoms with E-state index in [9.17, 15) is 9.59 Å². The van der Waals surface area contributed by atoms with Gasteiger partial charge >= 0.3 is 5.97 Å². The molecule has 0 saturated carbocycles. The molecular formula is C29H53NO3. The van der Waals surface area contributed by atoms with E-state index in [-0.39, 0.29) is 11.9 Å². The number of hydrogen-bond acceptors (Lipinski definition) is 3. The summed E-state index contributed by atoms with van der Waals surface area (Å²) in [5, 5.41) is 2.65. The predicted octanol–water partition coefficient (Wildman–Crippen LogP) is 8.19. The molecule has 33 heavy (non-hydrogen) atoms. The normalized spacial score (nSPS) is 15.9. The lowest BCUT2D eigenvalue weighted by molar-refractivity contribution is -0.146. The number of carbonyl (C=O) groups excluding carboxylic acids is 2. The van der Waals surface area contributed by atoms with Gasteiger partial charge < -0.3 is 10.1 Å². The van der Waals surface area contributed by atoms with Gasteiger partial charge in [0.25, 0.3) is 0 Å². The third kappa shape index (κ3) is 18.8. The number of rotatable bonds is 23. The minimum atomic E-state index is -0.410. The quantitative estimate of drug-likeness (QED) is 0.0944. The van der Waals surface area contributed by atoms with Crippen LogP contribution in [-0.2, 0) is 14.3 Å². The van der Waals surface area contributed by atoms with Crippen molar-refractivity contribution in [3.05, 3.63) is 12.2 Å². The minimum absolute atomic E-state index is 0.0442. The fraction of sp³-hybridized carbons (Fsp3) is 0.862. The van der Waals surface area contributed by atoms with Crippen molar-refractivity contribution in [2.45, 2.75) is 154 Å². The molecule has 0 aromatic heterocycles. The van der Waals surface area contributed by atoms with Crippen LogP contribution in [0.1, 0.15) is 148 Å². The van der Waals surface area contributed by atoms with E-state index in [1.807, 2.05) is 0 Å². The summed E-state index contributed by atoms with van der Waals surface area (Å²) in [7, 11) is 0. The Kier molecular flexibility index (Phi) is 20.2. The number of allylic oxidation sites excluding steroid dienone is 2. The van der Waals surface area contributed by atoms with Crippen LogP contribution in [0.5, 0.6) is 0 Å². The minimum Gasteiger partial charge on any atom is -0.464 e. The Bertz CT molecular complexity index is 503. The van der Waals surface area contributed by atoms with E-state index in [1.165, 1.54) is 116 Å². The zero-order valence-electron chi connectivity index (χ0n) is 21.7. The summed E-state index contributed by atoms with van der Waals surface area (Å²) in [6.45, 7) is 2.77. The molecule has 0 bridgehead atoms. The SMILES string of the molecule is CCCCCCCCCCCC/C=C/CCCCCCCCCCOC(=O)[C@@H]1CCC(=O)N1. The topological polar surface area (TPSA) is 55.4 Å². The first-order valence-electron chi connectivity index (χ1n) is 14.3. The zero-order valence-corrected chi connectivity index (χ0v) is 21.7. The predicted molar refractivity (Wildman–Crippen MR) is 139 cm³/mol. The molecule has 1 N–H and O–H groups in total. The summed E-state index contributed by atoms with van der Waals surface area (Å²) in [5.74, 6) is -0.310. The van der Waals surface area contributed by atoms with Gasteiger partial charge in [-0.15, -0.1) is 0 Å². The third-order valence-electron chi connectivity index (χ3n) is 6.68. The highest BCUT2D eigenvalue weighted by Crippen LogP contribution is 2.13. The highest BCUT2D eigenvalue weighted by Gasteiger charge is 2.28. The second kappa shape index (κ2) is 22.5. The monoisotopic (exact) mass is 463 g/mol. The van der Waals surface area contributed by atoms with Crippen LogP contribution in [0, 0.1) is 0 Å². The molecule has 0 radical (unpaired) electrons. The van der Waals surface area contributed by atoms with E-state index in [0.29, 0.717) is 19.4 Å². The molecule has 0 aromatic rings. The van der Waals surface area contributed by atoms with Crippen molar-refractivity contribution in [2.75, 3.05) is 6.61 Å². The maximum Gasteiger partial charge on any atom is 0.328 e. The standard InChI is InChI=1S/C29H53NO3/c1-2-3-4-5-6-7-8-9-10-11-12-13-14-15-16-17-18-19-20-21-22-23-26-33-29(32)27-24-25-28(31)30-27/h13-14,27H,2-12,15-26H2,1H3,(H,30,31)/b14-13+/t27-/m0/s1. The van der Waals surface area contributed by atoms with E-state index < -0.39 is 6.04 Å². The summed E-state index contributed by atoms with van der Waals surface area (Å²) in [6, 6.07) is -0.410. The summed E-state index contributed by atoms with van der Waals surface area (Å²) in [6.07, 6.45) is 32.3. The molecule has 4 heteroatoms. The van der Waals surface area contributed by atoms with Crippen LogP contribution >= 0.6 is 0 Å². The zero-order chi connectivity index (χ0) is 23.8. The third-order valence-corrected chi connectivity index (χ3v) is 6.68. The lowest BCUT2D eigenvalue weighted by Gasteiger charge is -2.09. The molecule has 1 amide bonds. The van der Waals surface area contributed by atoms with Gasteiger partial charge in [0.15, 0.2) is 0 Å². The summed E-state index contributed by atoms with van der Waals surface area (Å²) in [5.41, 5.74) is 0. The largest absolute Gasteiger partial charge is 0.464 e. The number of carbonyl (C=O) groups is 2. The fourth-order valence-corrected chi connectivity index (χ4v) is 4.47. The molecule has 1 heterocycles. The Labute approximate surface area is 204 Å².